The van der Waals surface area contributed by atoms with Crippen molar-refractivity contribution in [3.8, 4) is 22.0 Å². The summed E-state index contributed by atoms with van der Waals surface area (Å²) in [4.78, 5) is 18.8. The molecular weight excluding hydrogens is 456 g/mol. The molecule has 3 heterocycles. The second kappa shape index (κ2) is 9.29. The minimum absolute atomic E-state index is 0.0371. The topological polar surface area (TPSA) is 50.6 Å². The molecule has 33 heavy (non-hydrogen) atoms. The van der Waals surface area contributed by atoms with Gasteiger partial charge in [-0.2, -0.15) is 5.10 Å². The Balaban J connectivity index is 1.41. The molecule has 0 bridgehead atoms. The number of para-hydroxylation sites is 2. The van der Waals surface area contributed by atoms with E-state index in [1.54, 1.807) is 23.1 Å². The summed E-state index contributed by atoms with van der Waals surface area (Å²) in [7, 11) is 1.68. The van der Waals surface area contributed by atoms with Crippen molar-refractivity contribution in [1.82, 2.24) is 14.7 Å². The molecule has 168 valence electrons. The highest BCUT2D eigenvalue weighted by molar-refractivity contribution is 7.13. The first-order valence-electron chi connectivity index (χ1n) is 10.7. The van der Waals surface area contributed by atoms with E-state index in [9.17, 15) is 4.79 Å². The smallest absolute Gasteiger partial charge is 0.272 e. The molecule has 1 amide bonds. The standard InChI is InChI=1S/C25H23ClN4O2S/c1-32-23-9-3-2-8-21(23)28-11-13-29(14-12-28)25(31)22-17-20(24-10-5-15-33-24)27-30(22)19-7-4-6-18(26)16-19/h2-10,15-17H,11-14H2,1H3. The van der Waals surface area contributed by atoms with Crippen LogP contribution in [0, 0.1) is 0 Å². The van der Waals surface area contributed by atoms with E-state index < -0.39 is 0 Å². The van der Waals surface area contributed by atoms with Gasteiger partial charge in [-0.25, -0.2) is 4.68 Å². The van der Waals surface area contributed by atoms with Gasteiger partial charge in [-0.05, 0) is 47.8 Å². The van der Waals surface area contributed by atoms with Crippen LogP contribution in [-0.2, 0) is 0 Å². The molecule has 0 N–H and O–H groups in total. The lowest BCUT2D eigenvalue weighted by molar-refractivity contribution is 0.0737. The predicted molar refractivity (Wildman–Crippen MR) is 133 cm³/mol. The van der Waals surface area contributed by atoms with Crippen molar-refractivity contribution in [3.63, 3.8) is 0 Å². The molecule has 1 saturated heterocycles. The van der Waals surface area contributed by atoms with E-state index in [1.807, 2.05) is 70.9 Å². The van der Waals surface area contributed by atoms with Gasteiger partial charge in [0.15, 0.2) is 0 Å². The minimum atomic E-state index is -0.0371. The number of rotatable bonds is 5. The van der Waals surface area contributed by atoms with Crippen molar-refractivity contribution in [2.45, 2.75) is 0 Å². The van der Waals surface area contributed by atoms with Crippen molar-refractivity contribution in [3.05, 3.63) is 82.8 Å². The van der Waals surface area contributed by atoms with Crippen LogP contribution in [-0.4, -0.2) is 53.9 Å². The van der Waals surface area contributed by atoms with Crippen LogP contribution in [0.5, 0.6) is 5.75 Å². The van der Waals surface area contributed by atoms with E-state index in [2.05, 4.69) is 11.0 Å². The summed E-state index contributed by atoms with van der Waals surface area (Å²) >= 11 is 7.83. The van der Waals surface area contributed by atoms with E-state index in [0.717, 1.165) is 40.8 Å². The molecular formula is C25H23ClN4O2S. The molecule has 4 aromatic rings. The second-order valence-electron chi connectivity index (χ2n) is 7.73. The third kappa shape index (κ3) is 4.34. The number of thiophene rings is 1. The quantitative estimate of drug-likeness (QED) is 0.394. The normalized spacial score (nSPS) is 13.9. The third-order valence-electron chi connectivity index (χ3n) is 5.75. The number of carbonyl (C=O) groups is 1. The van der Waals surface area contributed by atoms with Crippen LogP contribution < -0.4 is 9.64 Å². The Morgan fingerprint density at radius 1 is 1.00 bits per heavy atom. The fourth-order valence-electron chi connectivity index (χ4n) is 4.09. The Bertz CT molecular complexity index is 1260. The summed E-state index contributed by atoms with van der Waals surface area (Å²) in [5.74, 6) is 0.807. The van der Waals surface area contributed by atoms with Crippen LogP contribution in [0.2, 0.25) is 5.02 Å². The number of aromatic nitrogens is 2. The zero-order valence-electron chi connectivity index (χ0n) is 18.1. The Morgan fingerprint density at radius 3 is 2.55 bits per heavy atom. The number of hydrogen-bond acceptors (Lipinski definition) is 5. The van der Waals surface area contributed by atoms with Gasteiger partial charge >= 0.3 is 0 Å². The number of hydrogen-bond donors (Lipinski definition) is 0. The average Bonchev–Trinajstić information content (AvgIpc) is 3.54. The molecule has 2 aromatic heterocycles. The monoisotopic (exact) mass is 478 g/mol. The van der Waals surface area contributed by atoms with Gasteiger partial charge < -0.3 is 14.5 Å². The maximum atomic E-state index is 13.6. The number of halogens is 1. The molecule has 6 nitrogen and oxygen atoms in total. The molecule has 0 radical (unpaired) electrons. The van der Waals surface area contributed by atoms with Crippen LogP contribution >= 0.6 is 22.9 Å². The molecule has 1 aliphatic heterocycles. The molecule has 0 aliphatic carbocycles. The Hall–Kier alpha value is -3.29. The number of methoxy groups -OCH3 is 1. The highest BCUT2D eigenvalue weighted by Gasteiger charge is 2.27. The Morgan fingerprint density at radius 2 is 1.82 bits per heavy atom. The first-order valence-corrected chi connectivity index (χ1v) is 12.0. The zero-order valence-corrected chi connectivity index (χ0v) is 19.7. The summed E-state index contributed by atoms with van der Waals surface area (Å²) in [5, 5.41) is 7.37. The van der Waals surface area contributed by atoms with Crippen molar-refractivity contribution in [1.29, 1.82) is 0 Å². The molecule has 0 spiro atoms. The second-order valence-corrected chi connectivity index (χ2v) is 9.12. The lowest BCUT2D eigenvalue weighted by atomic mass is 10.2. The van der Waals surface area contributed by atoms with Crippen molar-refractivity contribution in [2.24, 2.45) is 0 Å². The number of nitrogens with zero attached hydrogens (tertiary/aromatic N) is 4. The van der Waals surface area contributed by atoms with Gasteiger partial charge in [-0.1, -0.05) is 35.9 Å². The van der Waals surface area contributed by atoms with E-state index in [1.165, 1.54) is 0 Å². The maximum Gasteiger partial charge on any atom is 0.272 e. The highest BCUT2D eigenvalue weighted by atomic mass is 35.5. The van der Waals surface area contributed by atoms with Crippen molar-refractivity contribution in [2.75, 3.05) is 38.2 Å². The number of amides is 1. The number of benzene rings is 2. The molecule has 8 heteroatoms. The van der Waals surface area contributed by atoms with E-state index in [-0.39, 0.29) is 5.91 Å². The lowest BCUT2D eigenvalue weighted by Crippen LogP contribution is -2.49. The number of ether oxygens (including phenoxy) is 1. The van der Waals surface area contributed by atoms with Gasteiger partial charge in [-0.3, -0.25) is 4.79 Å². The highest BCUT2D eigenvalue weighted by Crippen LogP contribution is 2.30. The van der Waals surface area contributed by atoms with Gasteiger partial charge in [0.05, 0.1) is 23.4 Å². The minimum Gasteiger partial charge on any atom is -0.495 e. The summed E-state index contributed by atoms with van der Waals surface area (Å²) < 4.78 is 7.22. The molecule has 1 fully saturated rings. The fourth-order valence-corrected chi connectivity index (χ4v) is 4.95. The van der Waals surface area contributed by atoms with Gasteiger partial charge in [0.1, 0.15) is 17.1 Å². The van der Waals surface area contributed by atoms with Crippen LogP contribution in [0.15, 0.2) is 72.1 Å². The Kier molecular flexibility index (Phi) is 6.07. The van der Waals surface area contributed by atoms with Crippen LogP contribution in [0.1, 0.15) is 10.5 Å². The predicted octanol–water partition coefficient (Wildman–Crippen LogP) is 5.23. The SMILES string of the molecule is COc1ccccc1N1CCN(C(=O)c2cc(-c3cccs3)nn2-c2cccc(Cl)c2)CC1. The summed E-state index contributed by atoms with van der Waals surface area (Å²) in [6.45, 7) is 2.70. The van der Waals surface area contributed by atoms with E-state index in [0.29, 0.717) is 23.8 Å². The molecule has 0 atom stereocenters. The average molecular weight is 479 g/mol. The van der Waals surface area contributed by atoms with Gasteiger partial charge in [0.2, 0.25) is 0 Å². The number of carbonyl (C=O) groups excluding carboxylic acids is 1. The summed E-state index contributed by atoms with van der Waals surface area (Å²) in [6, 6.07) is 21.3. The van der Waals surface area contributed by atoms with Gasteiger partial charge in [0, 0.05) is 31.2 Å². The van der Waals surface area contributed by atoms with Crippen LogP contribution in [0.4, 0.5) is 5.69 Å². The summed E-state index contributed by atoms with van der Waals surface area (Å²) in [6.07, 6.45) is 0. The first-order chi connectivity index (χ1) is 16.1. The third-order valence-corrected chi connectivity index (χ3v) is 6.88. The molecule has 0 saturated carbocycles. The molecule has 0 unspecified atom stereocenters. The first kappa shape index (κ1) is 21.6. The molecule has 1 aliphatic rings. The Labute approximate surface area is 201 Å². The zero-order chi connectivity index (χ0) is 22.8. The van der Waals surface area contributed by atoms with E-state index in [4.69, 9.17) is 21.4 Å². The molecule has 2 aromatic carbocycles. The van der Waals surface area contributed by atoms with Crippen molar-refractivity contribution >= 4 is 34.5 Å². The fraction of sp³-hybridized carbons (Fsp3) is 0.200. The van der Waals surface area contributed by atoms with Crippen LogP contribution in [0.3, 0.4) is 0 Å². The maximum absolute atomic E-state index is 13.6. The van der Waals surface area contributed by atoms with Crippen molar-refractivity contribution < 1.29 is 9.53 Å². The van der Waals surface area contributed by atoms with E-state index >= 15 is 0 Å². The number of piperazine rings is 1. The van der Waals surface area contributed by atoms with Crippen LogP contribution in [0.25, 0.3) is 16.3 Å². The molecule has 5 rings (SSSR count). The van der Waals surface area contributed by atoms with Gasteiger partial charge in [0.25, 0.3) is 5.91 Å². The lowest BCUT2D eigenvalue weighted by Gasteiger charge is -2.36. The van der Waals surface area contributed by atoms with Gasteiger partial charge in [-0.15, -0.1) is 11.3 Å². The largest absolute Gasteiger partial charge is 0.495 e. The number of anilines is 1. The summed E-state index contributed by atoms with van der Waals surface area (Å²) in [5.41, 5.74) is 3.13.